The monoisotopic (exact) mass is 402 g/mol. The fraction of sp³-hybridized carbons (Fsp3) is 0.722. The third-order valence-corrected chi connectivity index (χ3v) is 5.02. The van der Waals surface area contributed by atoms with Crippen LogP contribution < -0.4 is 5.32 Å². The molecule has 28 heavy (non-hydrogen) atoms. The van der Waals surface area contributed by atoms with Gasteiger partial charge in [-0.15, -0.1) is 0 Å². The Morgan fingerprint density at radius 3 is 2.39 bits per heavy atom. The lowest BCUT2D eigenvalue weighted by molar-refractivity contribution is -0.192. The fourth-order valence-electron chi connectivity index (χ4n) is 3.11. The van der Waals surface area contributed by atoms with Crippen LogP contribution in [0.5, 0.6) is 0 Å². The maximum absolute atomic E-state index is 11.7. The molecule has 7 nitrogen and oxygen atoms in total. The van der Waals surface area contributed by atoms with E-state index in [1.165, 1.54) is 32.2 Å². The van der Waals surface area contributed by atoms with E-state index in [0.717, 1.165) is 37.1 Å². The van der Waals surface area contributed by atoms with E-state index in [1.54, 1.807) is 0 Å². The summed E-state index contributed by atoms with van der Waals surface area (Å²) in [7, 11) is 0. The zero-order chi connectivity index (χ0) is 20.3. The number of rotatable bonds is 6. The lowest BCUT2D eigenvalue weighted by Crippen LogP contribution is -2.34. The normalized spacial score (nSPS) is 19.4. The number of carbonyl (C=O) groups excluding carboxylic acids is 1. The molecule has 1 aliphatic heterocycles. The van der Waals surface area contributed by atoms with E-state index in [2.05, 4.69) is 21.0 Å². The largest absolute Gasteiger partial charge is 0.490 e. The number of imidazole rings is 1. The Labute approximate surface area is 160 Å². The lowest BCUT2D eigenvalue weighted by atomic mass is 10.3. The number of aromatic nitrogens is 2. The Kier molecular flexibility index (Phi) is 6.26. The number of hydrogen-bond acceptors (Lipinski definition) is 4. The highest BCUT2D eigenvalue weighted by Gasteiger charge is 2.38. The van der Waals surface area contributed by atoms with Gasteiger partial charge >= 0.3 is 12.1 Å². The average Bonchev–Trinajstić information content (AvgIpc) is 3.53. The summed E-state index contributed by atoms with van der Waals surface area (Å²) in [6.45, 7) is 4.94. The summed E-state index contributed by atoms with van der Waals surface area (Å²) in [5.74, 6) is 0.170. The standard InChI is InChI=1S/C16H24N4O.C2HF3O2/c21-16(7-12-1-2-12)17-8-14-10-20-6-5-19(9-13-3-4-13)11-15(20)18-14;3-2(4,5)1(6)7/h10,12-13H,1-9,11H2,(H,17,21);(H,6,7). The number of carboxylic acid groups (broad SMARTS) is 1. The van der Waals surface area contributed by atoms with Crippen LogP contribution in [0.4, 0.5) is 13.2 Å². The first-order valence-electron chi connectivity index (χ1n) is 9.55. The van der Waals surface area contributed by atoms with Crippen molar-refractivity contribution in [2.45, 2.75) is 57.9 Å². The lowest BCUT2D eigenvalue weighted by Gasteiger charge is -2.27. The molecule has 2 N–H and O–H groups in total. The molecule has 4 rings (SSSR count). The van der Waals surface area contributed by atoms with Crippen molar-refractivity contribution in [3.05, 3.63) is 17.7 Å². The van der Waals surface area contributed by atoms with Gasteiger partial charge in [-0.05, 0) is 37.5 Å². The molecule has 0 unspecified atom stereocenters. The van der Waals surface area contributed by atoms with Crippen molar-refractivity contribution in [1.29, 1.82) is 0 Å². The number of hydrogen-bond donors (Lipinski definition) is 2. The van der Waals surface area contributed by atoms with Gasteiger partial charge in [0.1, 0.15) is 5.82 Å². The van der Waals surface area contributed by atoms with Gasteiger partial charge in [0.25, 0.3) is 0 Å². The highest BCUT2D eigenvalue weighted by Crippen LogP contribution is 2.32. The van der Waals surface area contributed by atoms with Crippen molar-refractivity contribution < 1.29 is 27.9 Å². The number of fused-ring (bicyclic) bond motifs is 1. The minimum Gasteiger partial charge on any atom is -0.475 e. The molecule has 1 amide bonds. The molecule has 0 saturated heterocycles. The van der Waals surface area contributed by atoms with Crippen LogP contribution in [0.3, 0.4) is 0 Å². The number of alkyl halides is 3. The molecule has 0 aromatic carbocycles. The molecule has 2 heterocycles. The molecule has 10 heteroatoms. The number of aliphatic carboxylic acids is 1. The number of nitrogens with one attached hydrogen (secondary N) is 1. The number of nitrogens with zero attached hydrogens (tertiary/aromatic N) is 3. The summed E-state index contributed by atoms with van der Waals surface area (Å²) in [4.78, 5) is 27.9. The molecule has 2 fully saturated rings. The molecule has 156 valence electrons. The van der Waals surface area contributed by atoms with Gasteiger partial charge in [-0.3, -0.25) is 9.69 Å². The molecule has 0 atom stereocenters. The Hall–Kier alpha value is -2.10. The second-order valence-corrected chi connectivity index (χ2v) is 7.75. The molecule has 0 radical (unpaired) electrons. The van der Waals surface area contributed by atoms with Gasteiger partial charge in [0, 0.05) is 32.3 Å². The molecular weight excluding hydrogens is 377 g/mol. The van der Waals surface area contributed by atoms with E-state index in [4.69, 9.17) is 14.9 Å². The van der Waals surface area contributed by atoms with E-state index in [1.807, 2.05) is 0 Å². The molecule has 0 bridgehead atoms. The van der Waals surface area contributed by atoms with Crippen LogP contribution >= 0.6 is 0 Å². The smallest absolute Gasteiger partial charge is 0.475 e. The molecule has 2 saturated carbocycles. The molecule has 1 aromatic rings. The number of amides is 1. The quantitative estimate of drug-likeness (QED) is 0.762. The predicted molar refractivity (Wildman–Crippen MR) is 93.1 cm³/mol. The van der Waals surface area contributed by atoms with Gasteiger partial charge in [-0.2, -0.15) is 13.2 Å². The summed E-state index contributed by atoms with van der Waals surface area (Å²) in [5, 5.41) is 10.1. The highest BCUT2D eigenvalue weighted by atomic mass is 19.4. The van der Waals surface area contributed by atoms with Crippen molar-refractivity contribution in [2.75, 3.05) is 13.1 Å². The second-order valence-electron chi connectivity index (χ2n) is 7.75. The van der Waals surface area contributed by atoms with Crippen LogP contribution in [0.1, 0.15) is 43.6 Å². The van der Waals surface area contributed by atoms with Gasteiger partial charge in [0.2, 0.25) is 5.91 Å². The van der Waals surface area contributed by atoms with E-state index >= 15 is 0 Å². The SMILES string of the molecule is O=C(CC1CC1)NCc1cn2c(n1)CN(CC1CC1)CC2.O=C(O)C(F)(F)F. The van der Waals surface area contributed by atoms with Crippen LogP contribution in [-0.4, -0.2) is 50.7 Å². The number of carbonyl (C=O) groups is 2. The summed E-state index contributed by atoms with van der Waals surface area (Å²) >= 11 is 0. The minimum absolute atomic E-state index is 0.179. The van der Waals surface area contributed by atoms with Crippen LogP contribution in [0.15, 0.2) is 6.20 Å². The van der Waals surface area contributed by atoms with Gasteiger partial charge in [-0.25, -0.2) is 9.78 Å². The topological polar surface area (TPSA) is 87.5 Å². The van der Waals surface area contributed by atoms with Crippen molar-refractivity contribution in [2.24, 2.45) is 11.8 Å². The van der Waals surface area contributed by atoms with Gasteiger partial charge in [0.05, 0.1) is 18.8 Å². The summed E-state index contributed by atoms with van der Waals surface area (Å²) < 4.78 is 34.0. The van der Waals surface area contributed by atoms with Gasteiger partial charge in [-0.1, -0.05) is 0 Å². The van der Waals surface area contributed by atoms with Crippen LogP contribution in [-0.2, 0) is 29.2 Å². The average molecular weight is 402 g/mol. The van der Waals surface area contributed by atoms with E-state index in [0.29, 0.717) is 18.9 Å². The van der Waals surface area contributed by atoms with Crippen LogP contribution in [0.25, 0.3) is 0 Å². The molecular formula is C18H25F3N4O3. The predicted octanol–water partition coefficient (Wildman–Crippen LogP) is 2.16. The van der Waals surface area contributed by atoms with E-state index in [9.17, 15) is 18.0 Å². The summed E-state index contributed by atoms with van der Waals surface area (Å²) in [6.07, 6.45) is 2.99. The summed E-state index contributed by atoms with van der Waals surface area (Å²) in [6, 6.07) is 0. The first-order valence-corrected chi connectivity index (χ1v) is 9.55. The molecule has 1 aromatic heterocycles. The zero-order valence-corrected chi connectivity index (χ0v) is 15.5. The Morgan fingerprint density at radius 1 is 1.18 bits per heavy atom. The van der Waals surface area contributed by atoms with Crippen molar-refractivity contribution in [3.63, 3.8) is 0 Å². The maximum Gasteiger partial charge on any atom is 0.490 e. The van der Waals surface area contributed by atoms with Crippen molar-refractivity contribution in [1.82, 2.24) is 19.8 Å². The van der Waals surface area contributed by atoms with Gasteiger partial charge < -0.3 is 15.0 Å². The van der Waals surface area contributed by atoms with E-state index < -0.39 is 12.1 Å². The van der Waals surface area contributed by atoms with Crippen molar-refractivity contribution >= 4 is 11.9 Å². The maximum atomic E-state index is 11.7. The van der Waals surface area contributed by atoms with Crippen molar-refractivity contribution in [3.8, 4) is 0 Å². The fourth-order valence-corrected chi connectivity index (χ4v) is 3.11. The second kappa shape index (κ2) is 8.50. The van der Waals surface area contributed by atoms with Gasteiger partial charge in [0.15, 0.2) is 0 Å². The first kappa shape index (κ1) is 20.6. The zero-order valence-electron chi connectivity index (χ0n) is 15.5. The summed E-state index contributed by atoms with van der Waals surface area (Å²) in [5.41, 5.74) is 1.00. The molecule has 3 aliphatic rings. The molecule has 2 aliphatic carbocycles. The van der Waals surface area contributed by atoms with E-state index in [-0.39, 0.29) is 5.91 Å². The number of carboxylic acids is 1. The highest BCUT2D eigenvalue weighted by molar-refractivity contribution is 5.76. The Morgan fingerprint density at radius 2 is 1.82 bits per heavy atom. The first-order chi connectivity index (χ1) is 13.2. The van der Waals surface area contributed by atoms with Crippen LogP contribution in [0, 0.1) is 11.8 Å². The number of halogens is 3. The third kappa shape index (κ3) is 6.50. The molecule has 0 spiro atoms. The Bertz CT molecular complexity index is 711. The Balaban J connectivity index is 0.000000279. The van der Waals surface area contributed by atoms with Crippen LogP contribution in [0.2, 0.25) is 0 Å². The third-order valence-electron chi connectivity index (χ3n) is 5.02. The minimum atomic E-state index is -5.08.